The molecule has 3 amide bonds. The van der Waals surface area contributed by atoms with Gasteiger partial charge in [0.15, 0.2) is 11.6 Å². The van der Waals surface area contributed by atoms with E-state index in [1.54, 1.807) is 19.1 Å². The number of fused-ring (bicyclic) bond motifs is 2. The minimum Gasteiger partial charge on any atom is -0.464 e. The smallest absolute Gasteiger partial charge is 0.332 e. The molecule has 0 aliphatic heterocycles. The van der Waals surface area contributed by atoms with Crippen LogP contribution in [0.3, 0.4) is 0 Å². The van der Waals surface area contributed by atoms with Crippen LogP contribution in [0.25, 0.3) is 10.8 Å². The molecule has 4 rings (SSSR count). The lowest BCUT2D eigenvalue weighted by Gasteiger charge is -2.35. The van der Waals surface area contributed by atoms with Crippen molar-refractivity contribution in [1.29, 1.82) is 0 Å². The summed E-state index contributed by atoms with van der Waals surface area (Å²) in [6.07, 6.45) is -0.462. The second-order valence-electron chi connectivity index (χ2n) is 11.4. The molecule has 40 heavy (non-hydrogen) atoms. The van der Waals surface area contributed by atoms with E-state index in [1.165, 1.54) is 34.6 Å². The van der Waals surface area contributed by atoms with Crippen LogP contribution in [0.4, 0.5) is 0 Å². The van der Waals surface area contributed by atoms with Crippen LogP contribution in [0.2, 0.25) is 0 Å². The summed E-state index contributed by atoms with van der Waals surface area (Å²) in [4.78, 5) is 78.5. The molecular weight excluding hydrogens is 514 g/mol. The molecule has 0 heterocycles. The number of benzene rings is 2. The van der Waals surface area contributed by atoms with Crippen molar-refractivity contribution in [2.75, 3.05) is 6.61 Å². The molecule has 10 heteroatoms. The molecule has 2 aliphatic carbocycles. The molecule has 210 valence electrons. The number of ether oxygens (including phenoxy) is 1. The fourth-order valence-electron chi connectivity index (χ4n) is 5.18. The highest BCUT2D eigenvalue weighted by atomic mass is 16.5. The second-order valence-corrected chi connectivity index (χ2v) is 11.4. The van der Waals surface area contributed by atoms with Gasteiger partial charge in [-0.2, -0.15) is 0 Å². The number of rotatable bonds is 7. The van der Waals surface area contributed by atoms with Crippen LogP contribution in [0.5, 0.6) is 0 Å². The molecule has 0 atom stereocenters. The Kier molecular flexibility index (Phi) is 7.17. The first-order chi connectivity index (χ1) is 18.6. The summed E-state index contributed by atoms with van der Waals surface area (Å²) < 4.78 is 5.30. The number of Topliss-reactive ketones (excluding diaryl/α,β-unsaturated/α-hetero) is 2. The molecule has 0 saturated heterocycles. The Morgan fingerprint density at radius 2 is 1.30 bits per heavy atom. The highest BCUT2D eigenvalue weighted by Gasteiger charge is 2.54. The van der Waals surface area contributed by atoms with E-state index in [-0.39, 0.29) is 53.3 Å². The molecule has 10 nitrogen and oxygen atoms in total. The first kappa shape index (κ1) is 28.7. The Morgan fingerprint density at radius 3 is 1.75 bits per heavy atom. The van der Waals surface area contributed by atoms with E-state index in [4.69, 9.17) is 4.74 Å². The van der Waals surface area contributed by atoms with Crippen LogP contribution in [-0.2, 0) is 23.9 Å². The second kappa shape index (κ2) is 10.0. The van der Waals surface area contributed by atoms with E-state index in [1.807, 2.05) is 24.3 Å². The average Bonchev–Trinajstić information content (AvgIpc) is 3.27. The standard InChI is InChI=1S/C30H33N3O7/c1-7-40-27(39)30(33-26(38)29(5,6)32-25(37)28(3,4)31-16(2)34)14-21-22(15-30)24(36)20-13-18-11-9-8-10-17(18)12-19(20)23(21)35/h8-13H,7,14-15H2,1-6H3,(H,31,34)(H,32,37)(H,33,38). The van der Waals surface area contributed by atoms with Crippen LogP contribution >= 0.6 is 0 Å². The maximum Gasteiger partial charge on any atom is 0.332 e. The molecule has 2 aliphatic rings. The third kappa shape index (κ3) is 5.01. The monoisotopic (exact) mass is 547 g/mol. The quantitative estimate of drug-likeness (QED) is 0.451. The zero-order valence-electron chi connectivity index (χ0n) is 23.4. The predicted octanol–water partition coefficient (Wildman–Crippen LogP) is 2.54. The highest BCUT2D eigenvalue weighted by Crippen LogP contribution is 2.43. The fraction of sp³-hybridized carbons (Fsp3) is 0.400. The molecule has 0 fully saturated rings. The van der Waals surface area contributed by atoms with Crippen LogP contribution in [-0.4, -0.2) is 58.5 Å². The summed E-state index contributed by atoms with van der Waals surface area (Å²) >= 11 is 0. The van der Waals surface area contributed by atoms with Gasteiger partial charge in [-0.3, -0.25) is 24.0 Å². The van der Waals surface area contributed by atoms with E-state index in [2.05, 4.69) is 16.0 Å². The number of carbonyl (C=O) groups excluding carboxylic acids is 6. The maximum absolute atomic E-state index is 13.6. The van der Waals surface area contributed by atoms with Crippen molar-refractivity contribution in [3.63, 3.8) is 0 Å². The summed E-state index contributed by atoms with van der Waals surface area (Å²) in [6.45, 7) is 8.78. The van der Waals surface area contributed by atoms with E-state index < -0.39 is 40.3 Å². The van der Waals surface area contributed by atoms with Crippen LogP contribution in [0.15, 0.2) is 47.5 Å². The van der Waals surface area contributed by atoms with E-state index >= 15 is 0 Å². The van der Waals surface area contributed by atoms with Gasteiger partial charge in [0.25, 0.3) is 0 Å². The minimum atomic E-state index is -1.72. The molecule has 2 aromatic rings. The van der Waals surface area contributed by atoms with Gasteiger partial charge in [0.05, 0.1) is 6.61 Å². The molecule has 2 aromatic carbocycles. The lowest BCUT2D eigenvalue weighted by molar-refractivity contribution is -0.154. The zero-order chi connectivity index (χ0) is 29.6. The van der Waals surface area contributed by atoms with Gasteiger partial charge < -0.3 is 20.7 Å². The topological polar surface area (TPSA) is 148 Å². The third-order valence-electron chi connectivity index (χ3n) is 7.31. The Labute approximate surface area is 231 Å². The lowest BCUT2D eigenvalue weighted by atomic mass is 9.84. The number of amides is 3. The third-order valence-corrected chi connectivity index (χ3v) is 7.31. The van der Waals surface area contributed by atoms with Crippen molar-refractivity contribution in [1.82, 2.24) is 16.0 Å². The molecule has 0 bridgehead atoms. The normalized spacial score (nSPS) is 16.2. The van der Waals surface area contributed by atoms with Crippen LogP contribution < -0.4 is 16.0 Å². The number of esters is 1. The Hall–Kier alpha value is -4.34. The van der Waals surface area contributed by atoms with Crippen molar-refractivity contribution in [3.05, 3.63) is 58.7 Å². The lowest BCUT2D eigenvalue weighted by Crippen LogP contribution is -2.66. The molecule has 0 aromatic heterocycles. The van der Waals surface area contributed by atoms with Crippen molar-refractivity contribution in [2.45, 2.75) is 71.0 Å². The largest absolute Gasteiger partial charge is 0.464 e. The van der Waals surface area contributed by atoms with Gasteiger partial charge in [-0.05, 0) is 57.5 Å². The van der Waals surface area contributed by atoms with E-state index in [0.717, 1.165) is 10.8 Å². The maximum atomic E-state index is 13.6. The van der Waals surface area contributed by atoms with Gasteiger partial charge >= 0.3 is 5.97 Å². The number of hydrogen-bond acceptors (Lipinski definition) is 7. The summed E-state index contributed by atoms with van der Waals surface area (Å²) in [5, 5.41) is 9.44. The SMILES string of the molecule is CCOC(=O)C1(NC(=O)C(C)(C)NC(=O)C(C)(C)NC(C)=O)CC2=C(C1)C(=O)c1cc3ccccc3cc1C2=O. The summed E-state index contributed by atoms with van der Waals surface area (Å²) in [5.74, 6) is -3.30. The number of nitrogens with one attached hydrogen (secondary N) is 3. The minimum absolute atomic E-state index is 0.0136. The Bertz CT molecular complexity index is 1450. The zero-order valence-corrected chi connectivity index (χ0v) is 23.4. The molecular formula is C30H33N3O7. The van der Waals surface area contributed by atoms with E-state index in [0.29, 0.717) is 0 Å². The summed E-state index contributed by atoms with van der Waals surface area (Å²) in [5.41, 5.74) is -3.75. The van der Waals surface area contributed by atoms with Gasteiger partial charge in [-0.15, -0.1) is 0 Å². The van der Waals surface area contributed by atoms with Crippen molar-refractivity contribution >= 4 is 46.0 Å². The molecule has 0 saturated carbocycles. The van der Waals surface area contributed by atoms with Gasteiger partial charge in [0.2, 0.25) is 17.7 Å². The summed E-state index contributed by atoms with van der Waals surface area (Å²) in [7, 11) is 0. The predicted molar refractivity (Wildman–Crippen MR) is 146 cm³/mol. The van der Waals surface area contributed by atoms with Crippen molar-refractivity contribution in [2.24, 2.45) is 0 Å². The Morgan fingerprint density at radius 1 is 0.825 bits per heavy atom. The van der Waals surface area contributed by atoms with Crippen LogP contribution in [0.1, 0.15) is 75.1 Å². The van der Waals surface area contributed by atoms with Crippen LogP contribution in [0, 0.1) is 0 Å². The van der Waals surface area contributed by atoms with Gasteiger partial charge in [0.1, 0.15) is 16.6 Å². The molecule has 0 unspecified atom stereocenters. The van der Waals surface area contributed by atoms with Gasteiger partial charge in [-0.25, -0.2) is 4.79 Å². The number of carbonyl (C=O) groups is 6. The van der Waals surface area contributed by atoms with Crippen molar-refractivity contribution < 1.29 is 33.5 Å². The molecule has 0 radical (unpaired) electrons. The number of ketones is 2. The summed E-state index contributed by atoms with van der Waals surface area (Å²) in [6, 6.07) is 10.7. The first-order valence-corrected chi connectivity index (χ1v) is 13.1. The van der Waals surface area contributed by atoms with Crippen molar-refractivity contribution in [3.8, 4) is 0 Å². The van der Waals surface area contributed by atoms with E-state index in [9.17, 15) is 28.8 Å². The average molecular weight is 548 g/mol. The van der Waals surface area contributed by atoms with Gasteiger partial charge in [-0.1, -0.05) is 24.3 Å². The fourth-order valence-corrected chi connectivity index (χ4v) is 5.18. The molecule has 3 N–H and O–H groups in total. The number of hydrogen-bond donors (Lipinski definition) is 3. The van der Waals surface area contributed by atoms with Gasteiger partial charge in [0, 0.05) is 42.0 Å². The molecule has 0 spiro atoms. The highest BCUT2D eigenvalue weighted by molar-refractivity contribution is 6.29. The Balaban J connectivity index is 1.65. The first-order valence-electron chi connectivity index (χ1n) is 13.1.